The van der Waals surface area contributed by atoms with Crippen LogP contribution in [0, 0.1) is 5.92 Å². The summed E-state index contributed by atoms with van der Waals surface area (Å²) in [6, 6.07) is 5.17. The second-order valence-corrected chi connectivity index (χ2v) is 4.66. The molecule has 1 aliphatic rings. The molecule has 0 bridgehead atoms. The van der Waals surface area contributed by atoms with Crippen LogP contribution in [-0.4, -0.2) is 25.5 Å². The van der Waals surface area contributed by atoms with E-state index in [1.165, 1.54) is 18.2 Å². The summed E-state index contributed by atoms with van der Waals surface area (Å²) < 4.78 is 38.2. The molecule has 1 heterocycles. The molecule has 0 saturated carbocycles. The van der Waals surface area contributed by atoms with Crippen LogP contribution in [0.25, 0.3) is 0 Å². The van der Waals surface area contributed by atoms with E-state index in [2.05, 4.69) is 10.6 Å². The van der Waals surface area contributed by atoms with Gasteiger partial charge in [-0.2, -0.15) is 13.2 Å². The number of hydrogen-bond donors (Lipinski definition) is 2. The number of carbonyl (C=O) groups excluding carboxylic acids is 1. The van der Waals surface area contributed by atoms with E-state index in [-0.39, 0.29) is 17.9 Å². The highest BCUT2D eigenvalue weighted by Gasteiger charge is 2.33. The molecule has 6 heteroatoms. The van der Waals surface area contributed by atoms with Crippen LogP contribution >= 0.6 is 0 Å². The van der Waals surface area contributed by atoms with Gasteiger partial charge in [-0.1, -0.05) is 18.2 Å². The monoisotopic (exact) mass is 272 g/mol. The van der Waals surface area contributed by atoms with Crippen molar-refractivity contribution in [1.82, 2.24) is 10.6 Å². The fourth-order valence-electron chi connectivity index (χ4n) is 1.94. The number of benzene rings is 1. The summed E-state index contributed by atoms with van der Waals surface area (Å²) in [6.07, 6.45) is -4.66. The van der Waals surface area contributed by atoms with Gasteiger partial charge in [0.2, 0.25) is 5.91 Å². The van der Waals surface area contributed by atoms with Crippen LogP contribution in [0.3, 0.4) is 0 Å². The normalized spacial score (nSPS) is 15.9. The van der Waals surface area contributed by atoms with Gasteiger partial charge in [-0.3, -0.25) is 4.79 Å². The molecule has 104 valence electrons. The third kappa shape index (κ3) is 3.70. The van der Waals surface area contributed by atoms with Crippen molar-refractivity contribution in [3.05, 3.63) is 35.4 Å². The van der Waals surface area contributed by atoms with E-state index in [1.54, 1.807) is 0 Å². The van der Waals surface area contributed by atoms with Gasteiger partial charge in [-0.25, -0.2) is 0 Å². The molecular weight excluding hydrogens is 257 g/mol. The molecule has 1 aliphatic heterocycles. The van der Waals surface area contributed by atoms with Crippen LogP contribution in [-0.2, 0) is 17.4 Å². The molecule has 2 rings (SSSR count). The Hall–Kier alpha value is -1.56. The van der Waals surface area contributed by atoms with Crippen molar-refractivity contribution in [3.63, 3.8) is 0 Å². The molecule has 2 N–H and O–H groups in total. The number of carbonyl (C=O) groups is 1. The summed E-state index contributed by atoms with van der Waals surface area (Å²) >= 11 is 0. The number of rotatable bonds is 4. The molecule has 1 saturated heterocycles. The van der Waals surface area contributed by atoms with Gasteiger partial charge >= 0.3 is 6.18 Å². The first-order valence-electron chi connectivity index (χ1n) is 6.09. The lowest BCUT2D eigenvalue weighted by Crippen LogP contribution is -2.48. The molecular formula is C13H15F3N2O. The van der Waals surface area contributed by atoms with Gasteiger partial charge in [0.25, 0.3) is 0 Å². The van der Waals surface area contributed by atoms with Crippen molar-refractivity contribution in [2.24, 2.45) is 5.92 Å². The Morgan fingerprint density at radius 1 is 1.32 bits per heavy atom. The maximum atomic E-state index is 12.7. The summed E-state index contributed by atoms with van der Waals surface area (Å²) in [5.41, 5.74) is -0.727. The average Bonchev–Trinajstić information content (AvgIpc) is 2.26. The minimum Gasteiger partial charge on any atom is -0.355 e. The van der Waals surface area contributed by atoms with Crippen LogP contribution in [0.15, 0.2) is 24.3 Å². The number of nitrogens with one attached hydrogen (secondary N) is 2. The summed E-state index contributed by atoms with van der Waals surface area (Å²) in [5, 5.41) is 5.73. The number of hydrogen-bond acceptors (Lipinski definition) is 2. The number of halogens is 3. The van der Waals surface area contributed by atoms with Crippen molar-refractivity contribution in [1.29, 1.82) is 0 Å². The van der Waals surface area contributed by atoms with Gasteiger partial charge in [0.15, 0.2) is 0 Å². The molecule has 0 aliphatic carbocycles. The lowest BCUT2D eigenvalue weighted by molar-refractivity contribution is -0.138. The summed E-state index contributed by atoms with van der Waals surface area (Å²) in [4.78, 5) is 11.6. The zero-order valence-electron chi connectivity index (χ0n) is 10.3. The molecule has 1 fully saturated rings. The van der Waals surface area contributed by atoms with Gasteiger partial charge in [0.1, 0.15) is 0 Å². The lowest BCUT2D eigenvalue weighted by Gasteiger charge is -2.27. The van der Waals surface area contributed by atoms with Crippen LogP contribution in [0.5, 0.6) is 0 Å². The summed E-state index contributed by atoms with van der Waals surface area (Å²) in [5.74, 6) is 0.0189. The molecule has 0 aromatic heterocycles. The van der Waals surface area contributed by atoms with E-state index < -0.39 is 11.7 Å². The SMILES string of the molecule is O=C(Cc1ccccc1C(F)(F)F)NCC1CNC1. The van der Waals surface area contributed by atoms with Crippen LogP contribution in [0.2, 0.25) is 0 Å². The second kappa shape index (κ2) is 5.61. The van der Waals surface area contributed by atoms with Gasteiger partial charge < -0.3 is 10.6 Å². The molecule has 0 spiro atoms. The minimum atomic E-state index is -4.42. The zero-order valence-corrected chi connectivity index (χ0v) is 10.3. The lowest BCUT2D eigenvalue weighted by atomic mass is 10.0. The Labute approximate surface area is 109 Å². The molecule has 1 aromatic carbocycles. The van der Waals surface area contributed by atoms with E-state index in [4.69, 9.17) is 0 Å². The van der Waals surface area contributed by atoms with E-state index in [1.807, 2.05) is 0 Å². The molecule has 1 amide bonds. The van der Waals surface area contributed by atoms with Crippen molar-refractivity contribution in [3.8, 4) is 0 Å². The van der Waals surface area contributed by atoms with Crippen molar-refractivity contribution < 1.29 is 18.0 Å². The predicted molar refractivity (Wildman–Crippen MR) is 64.5 cm³/mol. The van der Waals surface area contributed by atoms with Gasteiger partial charge in [-0.15, -0.1) is 0 Å². The quantitative estimate of drug-likeness (QED) is 0.874. The first kappa shape index (κ1) is 13.9. The molecule has 1 aromatic rings. The van der Waals surface area contributed by atoms with Crippen molar-refractivity contribution in [2.75, 3.05) is 19.6 Å². The fraction of sp³-hybridized carbons (Fsp3) is 0.462. The molecule has 19 heavy (non-hydrogen) atoms. The molecule has 3 nitrogen and oxygen atoms in total. The highest BCUT2D eigenvalue weighted by molar-refractivity contribution is 5.79. The van der Waals surface area contributed by atoms with Gasteiger partial charge in [0, 0.05) is 25.6 Å². The summed E-state index contributed by atoms with van der Waals surface area (Å²) in [7, 11) is 0. The zero-order chi connectivity index (χ0) is 13.9. The standard InChI is InChI=1S/C13H15F3N2O/c14-13(15,16)11-4-2-1-3-10(11)5-12(19)18-8-9-6-17-7-9/h1-4,9,17H,5-8H2,(H,18,19). The topological polar surface area (TPSA) is 41.1 Å². The Morgan fingerprint density at radius 2 is 2.00 bits per heavy atom. The van der Waals surface area contributed by atoms with Gasteiger partial charge in [-0.05, 0) is 11.6 Å². The Morgan fingerprint density at radius 3 is 2.58 bits per heavy atom. The Bertz CT molecular complexity index is 455. The maximum absolute atomic E-state index is 12.7. The largest absolute Gasteiger partial charge is 0.416 e. The minimum absolute atomic E-state index is 0.0132. The van der Waals surface area contributed by atoms with Crippen LogP contribution in [0.4, 0.5) is 13.2 Å². The van der Waals surface area contributed by atoms with Gasteiger partial charge in [0.05, 0.1) is 12.0 Å². The van der Waals surface area contributed by atoms with Crippen molar-refractivity contribution >= 4 is 5.91 Å². The van der Waals surface area contributed by atoms with E-state index in [9.17, 15) is 18.0 Å². The highest BCUT2D eigenvalue weighted by atomic mass is 19.4. The first-order chi connectivity index (χ1) is 8.97. The first-order valence-corrected chi connectivity index (χ1v) is 6.09. The van der Waals surface area contributed by atoms with E-state index in [0.717, 1.165) is 19.2 Å². The molecule has 0 radical (unpaired) electrons. The number of alkyl halides is 3. The highest BCUT2D eigenvalue weighted by Crippen LogP contribution is 2.31. The van der Waals surface area contributed by atoms with Crippen LogP contribution in [0.1, 0.15) is 11.1 Å². The predicted octanol–water partition coefficient (Wildman–Crippen LogP) is 1.58. The Balaban J connectivity index is 1.96. The van der Waals surface area contributed by atoms with Crippen molar-refractivity contribution in [2.45, 2.75) is 12.6 Å². The Kier molecular flexibility index (Phi) is 4.09. The molecule has 0 unspecified atom stereocenters. The average molecular weight is 272 g/mol. The second-order valence-electron chi connectivity index (χ2n) is 4.66. The molecule has 0 atom stereocenters. The van der Waals surface area contributed by atoms with Crippen LogP contribution < -0.4 is 10.6 Å². The summed E-state index contributed by atoms with van der Waals surface area (Å²) in [6.45, 7) is 2.21. The maximum Gasteiger partial charge on any atom is 0.416 e. The number of amides is 1. The third-order valence-electron chi connectivity index (χ3n) is 3.13. The fourth-order valence-corrected chi connectivity index (χ4v) is 1.94. The van der Waals surface area contributed by atoms with E-state index in [0.29, 0.717) is 12.5 Å². The third-order valence-corrected chi connectivity index (χ3v) is 3.13. The smallest absolute Gasteiger partial charge is 0.355 e. The van der Waals surface area contributed by atoms with E-state index >= 15 is 0 Å².